The smallest absolute Gasteiger partial charge is 0.267 e. The van der Waals surface area contributed by atoms with Gasteiger partial charge in [-0.15, -0.1) is 11.3 Å². The number of nitro groups is 1. The Kier molecular flexibility index (Phi) is 4.93. The third-order valence-electron chi connectivity index (χ3n) is 3.17. The highest BCUT2D eigenvalue weighted by atomic mass is 32.2. The van der Waals surface area contributed by atoms with E-state index in [-0.39, 0.29) is 15.6 Å². The van der Waals surface area contributed by atoms with Gasteiger partial charge in [0.15, 0.2) is 4.32 Å². The first-order chi connectivity index (χ1) is 12.0. The molecule has 0 atom stereocenters. The summed E-state index contributed by atoms with van der Waals surface area (Å²) in [7, 11) is 0. The van der Waals surface area contributed by atoms with Crippen molar-refractivity contribution in [1.82, 2.24) is 10.4 Å². The van der Waals surface area contributed by atoms with E-state index in [0.717, 1.165) is 21.6 Å². The second-order valence-corrected chi connectivity index (χ2v) is 7.40. The van der Waals surface area contributed by atoms with Crippen LogP contribution in [0.15, 0.2) is 46.7 Å². The van der Waals surface area contributed by atoms with Crippen LogP contribution in [0.25, 0.3) is 6.08 Å². The van der Waals surface area contributed by atoms with Crippen LogP contribution >= 0.6 is 35.3 Å². The van der Waals surface area contributed by atoms with Crippen LogP contribution in [-0.4, -0.2) is 26.1 Å². The van der Waals surface area contributed by atoms with Gasteiger partial charge in [0.2, 0.25) is 0 Å². The predicted octanol–water partition coefficient (Wildman–Crippen LogP) is 3.20. The van der Waals surface area contributed by atoms with Gasteiger partial charge < -0.3 is 0 Å². The van der Waals surface area contributed by atoms with E-state index in [0.29, 0.717) is 4.91 Å². The molecule has 126 valence electrons. The van der Waals surface area contributed by atoms with Crippen LogP contribution < -0.4 is 5.43 Å². The fourth-order valence-electron chi connectivity index (χ4n) is 2.05. The molecule has 0 unspecified atom stereocenters. The van der Waals surface area contributed by atoms with Crippen molar-refractivity contribution in [3.8, 4) is 0 Å². The number of para-hydroxylation sites is 1. The zero-order chi connectivity index (χ0) is 18.0. The number of carbonyl (C=O) groups is 2. The Hall–Kier alpha value is -2.56. The lowest BCUT2D eigenvalue weighted by atomic mass is 10.2. The number of thiocarbonyl (C=S) groups is 1. The topological polar surface area (TPSA) is 92.6 Å². The Morgan fingerprint density at radius 2 is 2.04 bits per heavy atom. The standard InChI is InChI=1S/C15H9N3O4S3/c19-13(10-5-1-2-6-11(10)18(21)22)16-17-14(20)12(25-15(17)23)8-9-4-3-7-24-9/h1-8H,(H,16,19). The molecule has 0 radical (unpaired) electrons. The summed E-state index contributed by atoms with van der Waals surface area (Å²) in [6.07, 6.45) is 1.68. The van der Waals surface area contributed by atoms with Crippen LogP contribution in [0, 0.1) is 10.1 Å². The maximum atomic E-state index is 12.4. The minimum atomic E-state index is -0.777. The molecule has 1 aliphatic rings. The summed E-state index contributed by atoms with van der Waals surface area (Å²) in [5.74, 6) is -1.25. The van der Waals surface area contributed by atoms with Crippen LogP contribution in [0.3, 0.4) is 0 Å². The van der Waals surface area contributed by atoms with Gasteiger partial charge in [0.05, 0.1) is 9.83 Å². The molecule has 1 fully saturated rings. The molecule has 0 aliphatic carbocycles. The number of nitrogens with one attached hydrogen (secondary N) is 1. The SMILES string of the molecule is O=C(NN1C(=O)C(=Cc2cccs2)SC1=S)c1ccccc1[N+](=O)[O-]. The fraction of sp³-hybridized carbons (Fsp3) is 0. The van der Waals surface area contributed by atoms with Crippen molar-refractivity contribution >= 4 is 63.2 Å². The maximum Gasteiger partial charge on any atom is 0.285 e. The molecular weight excluding hydrogens is 382 g/mol. The highest BCUT2D eigenvalue weighted by Crippen LogP contribution is 2.32. The van der Waals surface area contributed by atoms with Gasteiger partial charge in [-0.25, -0.2) is 0 Å². The van der Waals surface area contributed by atoms with Gasteiger partial charge in [-0.2, -0.15) is 5.01 Å². The third kappa shape index (κ3) is 3.60. The average Bonchev–Trinajstić information content (AvgIpc) is 3.19. The van der Waals surface area contributed by atoms with E-state index in [1.807, 2.05) is 17.5 Å². The number of amides is 2. The lowest BCUT2D eigenvalue weighted by Crippen LogP contribution is -2.45. The molecule has 1 N–H and O–H groups in total. The Bertz CT molecular complexity index is 909. The molecule has 1 aromatic heterocycles. The molecule has 2 heterocycles. The van der Waals surface area contributed by atoms with Gasteiger partial charge in [-0.05, 0) is 35.8 Å². The van der Waals surface area contributed by atoms with Crippen LogP contribution in [0.2, 0.25) is 0 Å². The summed E-state index contributed by atoms with van der Waals surface area (Å²) >= 11 is 7.64. The number of hydrogen-bond donors (Lipinski definition) is 1. The number of rotatable bonds is 4. The van der Waals surface area contributed by atoms with E-state index in [9.17, 15) is 19.7 Å². The van der Waals surface area contributed by atoms with Crippen LogP contribution in [-0.2, 0) is 4.79 Å². The molecule has 0 saturated carbocycles. The van der Waals surface area contributed by atoms with Crippen molar-refractivity contribution in [2.75, 3.05) is 0 Å². The van der Waals surface area contributed by atoms with E-state index in [4.69, 9.17) is 12.2 Å². The largest absolute Gasteiger partial charge is 0.285 e. The second-order valence-electron chi connectivity index (χ2n) is 4.75. The molecule has 7 nitrogen and oxygen atoms in total. The minimum absolute atomic E-state index is 0.149. The number of hydrazine groups is 1. The lowest BCUT2D eigenvalue weighted by Gasteiger charge is -2.15. The zero-order valence-electron chi connectivity index (χ0n) is 12.4. The molecule has 1 aromatic carbocycles. The summed E-state index contributed by atoms with van der Waals surface area (Å²) < 4.78 is 0.153. The van der Waals surface area contributed by atoms with E-state index < -0.39 is 16.7 Å². The van der Waals surface area contributed by atoms with Crippen molar-refractivity contribution in [3.63, 3.8) is 0 Å². The van der Waals surface area contributed by atoms with Gasteiger partial charge in [0, 0.05) is 10.9 Å². The Balaban J connectivity index is 1.81. The molecule has 0 spiro atoms. The molecule has 2 amide bonds. The Morgan fingerprint density at radius 1 is 1.28 bits per heavy atom. The van der Waals surface area contributed by atoms with E-state index in [2.05, 4.69) is 5.43 Å². The molecular formula is C15H9N3O4S3. The number of nitro benzene ring substituents is 1. The molecule has 1 aliphatic heterocycles. The van der Waals surface area contributed by atoms with Crippen LogP contribution in [0.4, 0.5) is 5.69 Å². The molecule has 1 saturated heterocycles. The predicted molar refractivity (Wildman–Crippen MR) is 99.9 cm³/mol. The molecule has 2 aromatic rings. The summed E-state index contributed by atoms with van der Waals surface area (Å²) in [4.78, 5) is 36.4. The van der Waals surface area contributed by atoms with Crippen LogP contribution in [0.5, 0.6) is 0 Å². The first-order valence-electron chi connectivity index (χ1n) is 6.83. The van der Waals surface area contributed by atoms with Crippen molar-refractivity contribution in [3.05, 3.63) is 67.2 Å². The first-order valence-corrected chi connectivity index (χ1v) is 8.93. The van der Waals surface area contributed by atoms with Gasteiger partial charge >= 0.3 is 0 Å². The number of thioether (sulfide) groups is 1. The molecule has 3 rings (SSSR count). The second kappa shape index (κ2) is 7.13. The maximum absolute atomic E-state index is 12.4. The number of hydrogen-bond acceptors (Lipinski definition) is 7. The first kappa shape index (κ1) is 17.3. The third-order valence-corrected chi connectivity index (χ3v) is 5.29. The Labute approximate surface area is 155 Å². The summed E-state index contributed by atoms with van der Waals surface area (Å²) in [5.41, 5.74) is 1.84. The lowest BCUT2D eigenvalue weighted by molar-refractivity contribution is -0.385. The monoisotopic (exact) mass is 391 g/mol. The highest BCUT2D eigenvalue weighted by molar-refractivity contribution is 8.26. The molecule has 25 heavy (non-hydrogen) atoms. The molecule has 0 bridgehead atoms. The molecule has 10 heteroatoms. The van der Waals surface area contributed by atoms with E-state index >= 15 is 0 Å². The van der Waals surface area contributed by atoms with E-state index in [1.54, 1.807) is 6.08 Å². The summed E-state index contributed by atoms with van der Waals surface area (Å²) in [6, 6.07) is 9.19. The highest BCUT2D eigenvalue weighted by Gasteiger charge is 2.34. The number of nitrogens with zero attached hydrogens (tertiary/aromatic N) is 2. The number of carbonyl (C=O) groups excluding carboxylic acids is 2. The Morgan fingerprint density at radius 3 is 2.72 bits per heavy atom. The van der Waals surface area contributed by atoms with Crippen molar-refractivity contribution in [2.24, 2.45) is 0 Å². The van der Waals surface area contributed by atoms with Gasteiger partial charge in [0.25, 0.3) is 17.5 Å². The number of thiophene rings is 1. The number of benzene rings is 1. The van der Waals surface area contributed by atoms with Crippen LogP contribution in [0.1, 0.15) is 15.2 Å². The van der Waals surface area contributed by atoms with Crippen molar-refractivity contribution < 1.29 is 14.5 Å². The quantitative estimate of drug-likeness (QED) is 0.372. The normalized spacial score (nSPS) is 15.7. The van der Waals surface area contributed by atoms with Gasteiger partial charge in [-0.3, -0.25) is 25.1 Å². The average molecular weight is 391 g/mol. The fourth-order valence-corrected chi connectivity index (χ4v) is 3.96. The van der Waals surface area contributed by atoms with Crippen molar-refractivity contribution in [2.45, 2.75) is 0 Å². The summed E-state index contributed by atoms with van der Waals surface area (Å²) in [6.45, 7) is 0. The van der Waals surface area contributed by atoms with Gasteiger partial charge in [0.1, 0.15) is 5.56 Å². The van der Waals surface area contributed by atoms with Crippen molar-refractivity contribution in [1.29, 1.82) is 0 Å². The zero-order valence-corrected chi connectivity index (χ0v) is 14.8. The van der Waals surface area contributed by atoms with E-state index in [1.165, 1.54) is 35.6 Å². The minimum Gasteiger partial charge on any atom is -0.267 e. The van der Waals surface area contributed by atoms with Gasteiger partial charge in [-0.1, -0.05) is 30.0 Å². The summed E-state index contributed by atoms with van der Waals surface area (Å²) in [5, 5.41) is 13.8.